The molecule has 0 unspecified atom stereocenters. The fourth-order valence-corrected chi connectivity index (χ4v) is 6.96. The van der Waals surface area contributed by atoms with Crippen LogP contribution in [0.5, 0.6) is 5.75 Å². The van der Waals surface area contributed by atoms with Crippen LogP contribution in [0.25, 0.3) is 0 Å². The van der Waals surface area contributed by atoms with Crippen molar-refractivity contribution in [1.82, 2.24) is 9.29 Å². The van der Waals surface area contributed by atoms with E-state index in [0.717, 1.165) is 16.1 Å². The lowest BCUT2D eigenvalue weighted by Crippen LogP contribution is -2.38. The number of benzene rings is 2. The van der Waals surface area contributed by atoms with Gasteiger partial charge >= 0.3 is 0 Å². The van der Waals surface area contributed by atoms with Gasteiger partial charge in [0.25, 0.3) is 5.91 Å². The van der Waals surface area contributed by atoms with Gasteiger partial charge in [0.15, 0.2) is 0 Å². The summed E-state index contributed by atoms with van der Waals surface area (Å²) in [6.07, 6.45) is 1.26. The number of hydrogen-bond donors (Lipinski definition) is 1. The van der Waals surface area contributed by atoms with E-state index in [9.17, 15) is 18.3 Å². The van der Waals surface area contributed by atoms with E-state index in [0.29, 0.717) is 48.9 Å². The van der Waals surface area contributed by atoms with E-state index < -0.39 is 10.0 Å². The number of sulfonamides is 1. The minimum absolute atomic E-state index is 0.0900. The van der Waals surface area contributed by atoms with Crippen molar-refractivity contribution in [2.75, 3.05) is 24.5 Å². The fraction of sp³-hybridized carbons (Fsp3) is 0.360. The highest BCUT2D eigenvalue weighted by atomic mass is 35.5. The second kappa shape index (κ2) is 10.3. The molecule has 0 atom stereocenters. The van der Waals surface area contributed by atoms with E-state index in [2.05, 4.69) is 4.98 Å². The molecule has 0 radical (unpaired) electrons. The molecule has 35 heavy (non-hydrogen) atoms. The summed E-state index contributed by atoms with van der Waals surface area (Å²) in [5.74, 6) is -0.0300. The maximum atomic E-state index is 13.2. The number of aryl methyl sites for hydroxylation is 2. The highest BCUT2D eigenvalue weighted by Crippen LogP contribution is 2.34. The summed E-state index contributed by atoms with van der Waals surface area (Å²) in [6, 6.07) is 9.77. The van der Waals surface area contributed by atoms with Gasteiger partial charge in [0.1, 0.15) is 11.4 Å². The predicted octanol–water partition coefficient (Wildman–Crippen LogP) is 5.35. The summed E-state index contributed by atoms with van der Waals surface area (Å²) in [6.45, 7) is 6.81. The van der Waals surface area contributed by atoms with Crippen LogP contribution in [-0.4, -0.2) is 48.4 Å². The van der Waals surface area contributed by atoms with Gasteiger partial charge < -0.3 is 10.0 Å². The number of rotatable bonds is 6. The molecule has 2 heterocycles. The van der Waals surface area contributed by atoms with Gasteiger partial charge in [0.2, 0.25) is 10.0 Å². The third-order valence-corrected chi connectivity index (χ3v) is 9.68. The SMILES string of the molecule is CCN(C(=O)c1csc(C2CCN(S(=O)(=O)c3ccc(C)c(Cl)c3)CC2)n1)c1cc(O)ccc1C. The van der Waals surface area contributed by atoms with Crippen LogP contribution < -0.4 is 4.90 Å². The predicted molar refractivity (Wildman–Crippen MR) is 139 cm³/mol. The number of aromatic nitrogens is 1. The average Bonchev–Trinajstić information content (AvgIpc) is 3.34. The molecule has 1 aromatic heterocycles. The fourth-order valence-electron chi connectivity index (χ4n) is 4.25. The quantitative estimate of drug-likeness (QED) is 0.461. The number of nitrogens with zero attached hydrogens (tertiary/aromatic N) is 3. The third kappa shape index (κ3) is 5.23. The Hall–Kier alpha value is -2.46. The van der Waals surface area contributed by atoms with Crippen LogP contribution >= 0.6 is 22.9 Å². The monoisotopic (exact) mass is 533 g/mol. The van der Waals surface area contributed by atoms with Gasteiger partial charge in [0.05, 0.1) is 15.6 Å². The Labute approximate surface area is 215 Å². The van der Waals surface area contributed by atoms with E-state index in [1.807, 2.05) is 20.8 Å². The highest BCUT2D eigenvalue weighted by Gasteiger charge is 2.32. The van der Waals surface area contributed by atoms with Crippen molar-refractivity contribution in [1.29, 1.82) is 0 Å². The maximum Gasteiger partial charge on any atom is 0.277 e. The second-order valence-corrected chi connectivity index (χ2v) is 11.9. The number of carbonyl (C=O) groups excluding carboxylic acids is 1. The van der Waals surface area contributed by atoms with Crippen LogP contribution in [0.1, 0.15) is 52.3 Å². The molecule has 1 aliphatic rings. The Morgan fingerprint density at radius 3 is 2.51 bits per heavy atom. The molecule has 0 bridgehead atoms. The first-order chi connectivity index (χ1) is 16.6. The average molecular weight is 534 g/mol. The summed E-state index contributed by atoms with van der Waals surface area (Å²) in [4.78, 5) is 19.7. The van der Waals surface area contributed by atoms with Gasteiger partial charge in [-0.3, -0.25) is 4.79 Å². The molecule has 10 heteroatoms. The van der Waals surface area contributed by atoms with E-state index in [-0.39, 0.29) is 22.5 Å². The Bertz CT molecular complexity index is 1350. The van der Waals surface area contributed by atoms with E-state index in [1.54, 1.807) is 40.6 Å². The molecular formula is C25H28ClN3O4S2. The van der Waals surface area contributed by atoms with Crippen molar-refractivity contribution in [3.63, 3.8) is 0 Å². The van der Waals surface area contributed by atoms with Gasteiger partial charge in [-0.25, -0.2) is 13.4 Å². The smallest absolute Gasteiger partial charge is 0.277 e. The zero-order valence-corrected chi connectivity index (χ0v) is 22.3. The zero-order chi connectivity index (χ0) is 25.3. The summed E-state index contributed by atoms with van der Waals surface area (Å²) in [7, 11) is -3.62. The topological polar surface area (TPSA) is 90.8 Å². The van der Waals surface area contributed by atoms with Crippen LogP contribution in [0.3, 0.4) is 0 Å². The normalized spacial score (nSPS) is 15.3. The molecular weight excluding hydrogens is 506 g/mol. The highest BCUT2D eigenvalue weighted by molar-refractivity contribution is 7.89. The number of phenols is 1. The first-order valence-corrected chi connectivity index (χ1v) is 14.1. The molecule has 0 aliphatic carbocycles. The number of phenolic OH excluding ortho intramolecular Hbond substituents is 1. The molecule has 3 aromatic rings. The Morgan fingerprint density at radius 2 is 1.86 bits per heavy atom. The molecule has 1 saturated heterocycles. The minimum Gasteiger partial charge on any atom is -0.508 e. The summed E-state index contributed by atoms with van der Waals surface area (Å²) < 4.78 is 27.6. The van der Waals surface area contributed by atoms with Gasteiger partial charge in [0, 0.05) is 42.0 Å². The minimum atomic E-state index is -3.62. The number of carbonyl (C=O) groups is 1. The number of anilines is 1. The van der Waals surface area contributed by atoms with Crippen molar-refractivity contribution in [2.24, 2.45) is 0 Å². The number of hydrogen-bond acceptors (Lipinski definition) is 6. The Morgan fingerprint density at radius 1 is 1.17 bits per heavy atom. The Balaban J connectivity index is 1.46. The van der Waals surface area contributed by atoms with Crippen LogP contribution in [-0.2, 0) is 10.0 Å². The van der Waals surface area contributed by atoms with Crippen molar-refractivity contribution in [3.8, 4) is 5.75 Å². The molecule has 4 rings (SSSR count). The summed E-state index contributed by atoms with van der Waals surface area (Å²) >= 11 is 7.57. The number of piperidine rings is 1. The first kappa shape index (κ1) is 25.6. The van der Waals surface area contributed by atoms with Crippen LogP contribution in [0.2, 0.25) is 5.02 Å². The van der Waals surface area contributed by atoms with Crippen molar-refractivity contribution in [2.45, 2.75) is 44.4 Å². The number of thiazole rings is 1. The molecule has 1 amide bonds. The summed E-state index contributed by atoms with van der Waals surface area (Å²) in [5.41, 5.74) is 2.73. The van der Waals surface area contributed by atoms with Crippen LogP contribution in [0.4, 0.5) is 5.69 Å². The molecule has 186 valence electrons. The number of amides is 1. The molecule has 0 saturated carbocycles. The first-order valence-electron chi connectivity index (χ1n) is 11.4. The lowest BCUT2D eigenvalue weighted by atomic mass is 9.99. The van der Waals surface area contributed by atoms with Crippen LogP contribution in [0.15, 0.2) is 46.7 Å². The van der Waals surface area contributed by atoms with Gasteiger partial charge in [-0.05, 0) is 62.9 Å². The third-order valence-electron chi connectivity index (χ3n) is 6.37. The lowest BCUT2D eigenvalue weighted by Gasteiger charge is -2.30. The molecule has 1 fully saturated rings. The number of aromatic hydroxyl groups is 1. The molecule has 1 aliphatic heterocycles. The molecule has 0 spiro atoms. The number of halogens is 1. The van der Waals surface area contributed by atoms with E-state index in [1.165, 1.54) is 21.7 Å². The van der Waals surface area contributed by atoms with E-state index in [4.69, 9.17) is 11.6 Å². The van der Waals surface area contributed by atoms with Crippen molar-refractivity contribution >= 4 is 44.6 Å². The summed E-state index contributed by atoms with van der Waals surface area (Å²) in [5, 5.41) is 12.9. The lowest BCUT2D eigenvalue weighted by molar-refractivity contribution is 0.0983. The van der Waals surface area contributed by atoms with Crippen molar-refractivity contribution < 1.29 is 18.3 Å². The zero-order valence-electron chi connectivity index (χ0n) is 19.9. The van der Waals surface area contributed by atoms with Gasteiger partial charge in [-0.15, -0.1) is 11.3 Å². The maximum absolute atomic E-state index is 13.2. The second-order valence-electron chi connectivity index (χ2n) is 8.68. The molecule has 7 nitrogen and oxygen atoms in total. The molecule has 2 aromatic carbocycles. The Kier molecular flexibility index (Phi) is 7.51. The van der Waals surface area contributed by atoms with Gasteiger partial charge in [-0.2, -0.15) is 4.31 Å². The molecule has 1 N–H and O–H groups in total. The van der Waals surface area contributed by atoms with Crippen molar-refractivity contribution in [3.05, 3.63) is 68.6 Å². The standard InChI is InChI=1S/C25H28ClN3O4S2/c1-4-29(23-13-19(30)7-5-17(23)3)25(31)22-15-34-24(27-22)18-9-11-28(12-10-18)35(32,33)20-8-6-16(2)21(26)14-20/h5-8,13-15,18,30H,4,9-12H2,1-3H3. The van der Waals surface area contributed by atoms with Crippen LogP contribution in [0, 0.1) is 13.8 Å². The van der Waals surface area contributed by atoms with E-state index >= 15 is 0 Å². The van der Waals surface area contributed by atoms with Gasteiger partial charge in [-0.1, -0.05) is 23.7 Å². The largest absolute Gasteiger partial charge is 0.508 e.